The van der Waals surface area contributed by atoms with Gasteiger partial charge in [0.2, 0.25) is 5.11 Å². The fourth-order valence-electron chi connectivity index (χ4n) is 0.797. The molecule has 0 saturated heterocycles. The van der Waals surface area contributed by atoms with Gasteiger partial charge in [-0.05, 0) is 45.9 Å². The van der Waals surface area contributed by atoms with Crippen molar-refractivity contribution in [3.63, 3.8) is 0 Å². The summed E-state index contributed by atoms with van der Waals surface area (Å²) in [5.41, 5.74) is 0.361. The first-order valence-electron chi connectivity index (χ1n) is 3.59. The van der Waals surface area contributed by atoms with E-state index in [1.807, 2.05) is 0 Å². The Kier molecular flexibility index (Phi) is 4.32. The molecule has 1 aromatic rings. The van der Waals surface area contributed by atoms with Crippen LogP contribution in [0.3, 0.4) is 0 Å². The second-order valence-electron chi connectivity index (χ2n) is 2.44. The van der Waals surface area contributed by atoms with Crippen molar-refractivity contribution in [2.24, 2.45) is 4.15 Å². The Morgan fingerprint density at radius 1 is 1.13 bits per heavy atom. The minimum absolute atomic E-state index is 0.361. The van der Waals surface area contributed by atoms with Crippen molar-refractivity contribution >= 4 is 54.7 Å². The summed E-state index contributed by atoms with van der Waals surface area (Å²) in [6.07, 6.45) is 0. The Balaban J connectivity index is 2.93. The monoisotopic (exact) mass is 306 g/mol. The van der Waals surface area contributed by atoms with Crippen molar-refractivity contribution in [2.75, 3.05) is 4.72 Å². The number of benzene rings is 1. The highest BCUT2D eigenvalue weighted by atomic mass is 36.0. The SMILES string of the molecule is O=S(=O)(N=P(Cl)(Cl)Cl)Nc1ccccc1. The Hall–Kier alpha value is 0.0700. The molecule has 0 heterocycles. The Morgan fingerprint density at radius 2 is 1.67 bits per heavy atom. The summed E-state index contributed by atoms with van der Waals surface area (Å²) in [7, 11) is -3.96. The lowest BCUT2D eigenvalue weighted by molar-refractivity contribution is 0.603. The minimum Gasteiger partial charge on any atom is -0.265 e. The van der Waals surface area contributed by atoms with Gasteiger partial charge < -0.3 is 0 Å². The van der Waals surface area contributed by atoms with E-state index in [4.69, 9.17) is 33.7 Å². The molecule has 0 spiro atoms. The summed E-state index contributed by atoms with van der Waals surface area (Å²) >= 11 is 16.0. The summed E-state index contributed by atoms with van der Waals surface area (Å²) in [6.45, 7) is 0. The van der Waals surface area contributed by atoms with E-state index in [0.717, 1.165) is 0 Å². The third kappa shape index (κ3) is 5.64. The van der Waals surface area contributed by atoms with Gasteiger partial charge >= 0.3 is 10.2 Å². The topological polar surface area (TPSA) is 58.5 Å². The van der Waals surface area contributed by atoms with Crippen LogP contribution in [-0.4, -0.2) is 8.42 Å². The molecule has 1 N–H and O–H groups in total. The molecule has 0 aliphatic heterocycles. The van der Waals surface area contributed by atoms with Crippen LogP contribution in [0, 0.1) is 0 Å². The molecular formula is C6H6Cl3N2O2PS. The first kappa shape index (κ1) is 13.1. The summed E-state index contributed by atoms with van der Waals surface area (Å²) in [5, 5.41) is -3.28. The van der Waals surface area contributed by atoms with Crippen molar-refractivity contribution in [3.05, 3.63) is 30.3 Å². The molecule has 4 nitrogen and oxygen atoms in total. The number of rotatable bonds is 3. The second-order valence-corrected chi connectivity index (χ2v) is 11.0. The van der Waals surface area contributed by atoms with E-state index in [1.54, 1.807) is 30.3 Å². The molecule has 0 amide bonds. The van der Waals surface area contributed by atoms with Crippen molar-refractivity contribution < 1.29 is 8.42 Å². The first-order chi connectivity index (χ1) is 6.79. The Morgan fingerprint density at radius 3 is 2.13 bits per heavy atom. The van der Waals surface area contributed by atoms with Crippen LogP contribution in [-0.2, 0) is 10.2 Å². The third-order valence-electron chi connectivity index (χ3n) is 1.22. The van der Waals surface area contributed by atoms with Crippen molar-refractivity contribution in [1.82, 2.24) is 0 Å². The number of nitrogens with zero attached hydrogens (tertiary/aromatic N) is 1. The zero-order chi connectivity index (χ0) is 11.5. The van der Waals surface area contributed by atoms with Crippen LogP contribution in [0.2, 0.25) is 0 Å². The summed E-state index contributed by atoms with van der Waals surface area (Å²) in [4.78, 5) is 0. The summed E-state index contributed by atoms with van der Waals surface area (Å²) < 4.78 is 27.9. The lowest BCUT2D eigenvalue weighted by Crippen LogP contribution is -2.07. The highest BCUT2D eigenvalue weighted by Gasteiger charge is 2.15. The molecule has 1 aromatic carbocycles. The molecule has 84 valence electrons. The highest BCUT2D eigenvalue weighted by molar-refractivity contribution is 8.28. The molecule has 0 aromatic heterocycles. The van der Waals surface area contributed by atoms with Gasteiger partial charge in [-0.3, -0.25) is 4.72 Å². The van der Waals surface area contributed by atoms with E-state index in [1.165, 1.54) is 0 Å². The van der Waals surface area contributed by atoms with E-state index >= 15 is 0 Å². The fourth-order valence-corrected chi connectivity index (χ4v) is 4.56. The molecule has 1 rings (SSSR count). The smallest absolute Gasteiger partial charge is 0.265 e. The maximum Gasteiger partial charge on any atom is 0.344 e. The predicted octanol–water partition coefficient (Wildman–Crippen LogP) is 4.01. The molecule has 0 aliphatic rings. The second kappa shape index (κ2) is 4.93. The molecule has 0 unspecified atom stereocenters. The Bertz CT molecular complexity index is 476. The molecule has 0 atom stereocenters. The van der Waals surface area contributed by atoms with Crippen LogP contribution in [0.1, 0.15) is 0 Å². The average Bonchev–Trinajstić information content (AvgIpc) is 1.99. The number of nitrogens with one attached hydrogen (secondary N) is 1. The predicted molar refractivity (Wildman–Crippen MR) is 65.9 cm³/mol. The fraction of sp³-hybridized carbons (Fsp3) is 0. The molecule has 15 heavy (non-hydrogen) atoms. The van der Waals surface area contributed by atoms with E-state index < -0.39 is 15.3 Å². The van der Waals surface area contributed by atoms with Gasteiger partial charge in [-0.15, -0.1) is 4.15 Å². The summed E-state index contributed by atoms with van der Waals surface area (Å²) in [6, 6.07) is 8.20. The van der Waals surface area contributed by atoms with Gasteiger partial charge in [0.15, 0.2) is 0 Å². The van der Waals surface area contributed by atoms with Crippen LogP contribution < -0.4 is 4.72 Å². The van der Waals surface area contributed by atoms with Crippen LogP contribution in [0.15, 0.2) is 34.5 Å². The number of halogens is 3. The van der Waals surface area contributed by atoms with Crippen LogP contribution in [0.5, 0.6) is 0 Å². The molecular weight excluding hydrogens is 301 g/mol. The van der Waals surface area contributed by atoms with Crippen molar-refractivity contribution in [2.45, 2.75) is 0 Å². The molecule has 0 radical (unpaired) electrons. The lowest BCUT2D eigenvalue weighted by Gasteiger charge is -2.04. The number of anilines is 1. The normalized spacial score (nSPS) is 12.2. The number of para-hydroxylation sites is 1. The molecule has 0 fully saturated rings. The third-order valence-corrected chi connectivity index (χ3v) is 4.98. The lowest BCUT2D eigenvalue weighted by atomic mass is 10.3. The van der Waals surface area contributed by atoms with Gasteiger partial charge in [-0.2, -0.15) is 8.42 Å². The van der Waals surface area contributed by atoms with Gasteiger partial charge in [-0.25, -0.2) is 0 Å². The first-order valence-corrected chi connectivity index (χ1v) is 9.48. The van der Waals surface area contributed by atoms with E-state index in [-0.39, 0.29) is 0 Å². The van der Waals surface area contributed by atoms with Crippen LogP contribution in [0.25, 0.3) is 0 Å². The van der Waals surface area contributed by atoms with Gasteiger partial charge in [0.1, 0.15) is 0 Å². The van der Waals surface area contributed by atoms with E-state index in [0.29, 0.717) is 5.69 Å². The van der Waals surface area contributed by atoms with Gasteiger partial charge in [0.05, 0.1) is 5.69 Å². The zero-order valence-electron chi connectivity index (χ0n) is 7.14. The number of hydrogen-bond acceptors (Lipinski definition) is 2. The van der Waals surface area contributed by atoms with Crippen molar-refractivity contribution in [1.29, 1.82) is 0 Å². The zero-order valence-corrected chi connectivity index (χ0v) is 11.1. The Labute approximate surface area is 102 Å². The maximum atomic E-state index is 11.3. The molecule has 0 saturated carbocycles. The quantitative estimate of drug-likeness (QED) is 0.858. The molecule has 9 heteroatoms. The van der Waals surface area contributed by atoms with Gasteiger partial charge in [0, 0.05) is 0 Å². The highest BCUT2D eigenvalue weighted by Crippen LogP contribution is 2.65. The average molecular weight is 308 g/mol. The van der Waals surface area contributed by atoms with Gasteiger partial charge in [-0.1, -0.05) is 18.2 Å². The largest absolute Gasteiger partial charge is 0.344 e. The number of hydrogen-bond donors (Lipinski definition) is 1. The van der Waals surface area contributed by atoms with E-state index in [2.05, 4.69) is 8.87 Å². The standard InChI is InChI=1S/C6H6Cl3N2O2PS/c7-14(8,9)11-15(12,13)10-6-4-2-1-3-5-6/h1-5,10H. The minimum atomic E-state index is -3.96. The van der Waals surface area contributed by atoms with Crippen LogP contribution >= 0.6 is 38.8 Å². The van der Waals surface area contributed by atoms with Gasteiger partial charge in [0.25, 0.3) is 0 Å². The molecule has 0 bridgehead atoms. The van der Waals surface area contributed by atoms with Crippen molar-refractivity contribution in [3.8, 4) is 0 Å². The van der Waals surface area contributed by atoms with E-state index in [9.17, 15) is 8.42 Å². The maximum absolute atomic E-state index is 11.3. The molecule has 0 aliphatic carbocycles. The summed E-state index contributed by atoms with van der Waals surface area (Å²) in [5.74, 6) is 0. The van der Waals surface area contributed by atoms with Crippen LogP contribution in [0.4, 0.5) is 5.69 Å².